The Labute approximate surface area is 89.3 Å². The number of likely N-dealkylation sites (tertiary alicyclic amines) is 1. The zero-order valence-corrected chi connectivity index (χ0v) is 8.61. The summed E-state index contributed by atoms with van der Waals surface area (Å²) in [7, 11) is 0. The fourth-order valence-corrected chi connectivity index (χ4v) is 1.81. The molecule has 0 saturated carbocycles. The predicted molar refractivity (Wildman–Crippen MR) is 55.0 cm³/mol. The minimum Gasteiger partial charge on any atom is -0.481 e. The molecular weight excluding hydrogens is 194 g/mol. The molecule has 4 heteroatoms. The van der Waals surface area contributed by atoms with Crippen LogP contribution in [0.25, 0.3) is 0 Å². The van der Waals surface area contributed by atoms with Crippen LogP contribution in [0.3, 0.4) is 0 Å². The monoisotopic (exact) mass is 209 g/mol. The molecular formula is C11H15NO3. The van der Waals surface area contributed by atoms with Crippen LogP contribution in [0.1, 0.15) is 25.7 Å². The first-order valence-electron chi connectivity index (χ1n) is 5.06. The van der Waals surface area contributed by atoms with Crippen molar-refractivity contribution in [3.8, 4) is 12.3 Å². The van der Waals surface area contributed by atoms with E-state index in [0.29, 0.717) is 25.9 Å². The second-order valence-corrected chi connectivity index (χ2v) is 3.80. The lowest BCUT2D eigenvalue weighted by atomic mass is 10.1. The van der Waals surface area contributed by atoms with E-state index in [4.69, 9.17) is 11.5 Å². The van der Waals surface area contributed by atoms with Crippen LogP contribution in [-0.2, 0) is 9.59 Å². The second-order valence-electron chi connectivity index (χ2n) is 3.80. The van der Waals surface area contributed by atoms with Crippen LogP contribution in [-0.4, -0.2) is 35.0 Å². The third-order valence-corrected chi connectivity index (χ3v) is 2.59. The number of carbonyl (C=O) groups excluding carboxylic acids is 1. The van der Waals surface area contributed by atoms with E-state index < -0.39 is 5.97 Å². The number of nitrogens with zero attached hydrogens (tertiary/aromatic N) is 1. The number of hydrogen-bond acceptors (Lipinski definition) is 2. The lowest BCUT2D eigenvalue weighted by Gasteiger charge is -2.15. The highest BCUT2D eigenvalue weighted by Crippen LogP contribution is 2.20. The maximum atomic E-state index is 11.5. The number of amides is 1. The highest BCUT2D eigenvalue weighted by molar-refractivity contribution is 5.77. The molecule has 1 amide bonds. The number of carboxylic acid groups (broad SMARTS) is 1. The van der Waals surface area contributed by atoms with E-state index in [0.717, 1.165) is 6.42 Å². The smallest absolute Gasteiger partial charge is 0.303 e. The van der Waals surface area contributed by atoms with Gasteiger partial charge in [0.25, 0.3) is 0 Å². The molecule has 82 valence electrons. The molecule has 1 atom stereocenters. The normalized spacial score (nSPS) is 19.9. The Morgan fingerprint density at radius 1 is 1.53 bits per heavy atom. The number of aliphatic carboxylic acids is 1. The zero-order chi connectivity index (χ0) is 11.3. The summed E-state index contributed by atoms with van der Waals surface area (Å²) < 4.78 is 0. The van der Waals surface area contributed by atoms with Gasteiger partial charge in [0.1, 0.15) is 0 Å². The Balaban J connectivity index is 2.32. The molecule has 1 aliphatic rings. The van der Waals surface area contributed by atoms with Crippen molar-refractivity contribution in [2.45, 2.75) is 25.7 Å². The average molecular weight is 209 g/mol. The summed E-state index contributed by atoms with van der Waals surface area (Å²) in [6.07, 6.45) is 6.84. The van der Waals surface area contributed by atoms with Crippen LogP contribution < -0.4 is 0 Å². The van der Waals surface area contributed by atoms with Gasteiger partial charge in [-0.25, -0.2) is 0 Å². The quantitative estimate of drug-likeness (QED) is 0.694. The van der Waals surface area contributed by atoms with Gasteiger partial charge in [-0.3, -0.25) is 9.59 Å². The van der Waals surface area contributed by atoms with Gasteiger partial charge in [-0.2, -0.15) is 0 Å². The Morgan fingerprint density at radius 3 is 2.87 bits per heavy atom. The van der Waals surface area contributed by atoms with Gasteiger partial charge in [-0.05, 0) is 12.3 Å². The molecule has 1 N–H and O–H groups in total. The fourth-order valence-electron chi connectivity index (χ4n) is 1.81. The minimum absolute atomic E-state index is 0.0424. The van der Waals surface area contributed by atoms with Crippen LogP contribution in [0.15, 0.2) is 0 Å². The number of rotatable bonds is 4. The zero-order valence-electron chi connectivity index (χ0n) is 8.61. The van der Waals surface area contributed by atoms with E-state index in [1.54, 1.807) is 4.90 Å². The van der Waals surface area contributed by atoms with Crippen molar-refractivity contribution in [3.63, 3.8) is 0 Å². The van der Waals surface area contributed by atoms with Crippen LogP contribution in [0.4, 0.5) is 0 Å². The van der Waals surface area contributed by atoms with Crippen molar-refractivity contribution in [2.24, 2.45) is 5.92 Å². The summed E-state index contributed by atoms with van der Waals surface area (Å²) in [5.41, 5.74) is 0. The number of carbonyl (C=O) groups is 2. The Bertz CT molecular complexity index is 293. The van der Waals surface area contributed by atoms with E-state index in [-0.39, 0.29) is 18.2 Å². The maximum Gasteiger partial charge on any atom is 0.303 e. The van der Waals surface area contributed by atoms with Gasteiger partial charge in [-0.1, -0.05) is 0 Å². The largest absolute Gasteiger partial charge is 0.481 e. The van der Waals surface area contributed by atoms with E-state index in [9.17, 15) is 9.59 Å². The molecule has 1 fully saturated rings. The van der Waals surface area contributed by atoms with Crippen molar-refractivity contribution in [1.82, 2.24) is 4.90 Å². The molecule has 1 rings (SSSR count). The molecule has 0 spiro atoms. The number of terminal acetylenes is 1. The van der Waals surface area contributed by atoms with Crippen molar-refractivity contribution < 1.29 is 14.7 Å². The van der Waals surface area contributed by atoms with E-state index in [2.05, 4.69) is 5.92 Å². The molecule has 1 heterocycles. The molecule has 1 saturated heterocycles. The van der Waals surface area contributed by atoms with Crippen LogP contribution in [0.2, 0.25) is 0 Å². The third-order valence-electron chi connectivity index (χ3n) is 2.59. The lowest BCUT2D eigenvalue weighted by molar-refractivity contribution is -0.138. The summed E-state index contributed by atoms with van der Waals surface area (Å²) in [5.74, 6) is 1.78. The van der Waals surface area contributed by atoms with Crippen molar-refractivity contribution in [2.75, 3.05) is 13.1 Å². The first-order valence-corrected chi connectivity index (χ1v) is 5.06. The summed E-state index contributed by atoms with van der Waals surface area (Å²) in [4.78, 5) is 23.7. The molecule has 0 bridgehead atoms. The molecule has 0 aliphatic carbocycles. The van der Waals surface area contributed by atoms with Crippen LogP contribution in [0.5, 0.6) is 0 Å². The number of carboxylic acids is 1. The highest BCUT2D eigenvalue weighted by atomic mass is 16.4. The molecule has 15 heavy (non-hydrogen) atoms. The Kier molecular flexibility index (Phi) is 4.17. The fraction of sp³-hybridized carbons (Fsp3) is 0.636. The van der Waals surface area contributed by atoms with Gasteiger partial charge in [-0.15, -0.1) is 12.3 Å². The van der Waals surface area contributed by atoms with E-state index in [1.807, 2.05) is 0 Å². The third kappa shape index (κ3) is 3.62. The first-order chi connectivity index (χ1) is 7.13. The minimum atomic E-state index is -0.794. The van der Waals surface area contributed by atoms with Crippen LogP contribution in [0, 0.1) is 18.3 Å². The Morgan fingerprint density at radius 2 is 2.27 bits per heavy atom. The van der Waals surface area contributed by atoms with Crippen molar-refractivity contribution >= 4 is 11.9 Å². The standard InChI is InChI=1S/C11H15NO3/c1-2-3-4-10(13)12-6-5-9(8-12)7-11(14)15/h1,9H,3-8H2,(H,14,15). The SMILES string of the molecule is C#CCCC(=O)N1CCC(CC(=O)O)C1. The molecule has 4 nitrogen and oxygen atoms in total. The Hall–Kier alpha value is -1.50. The van der Waals surface area contributed by atoms with Gasteiger partial charge < -0.3 is 10.0 Å². The first kappa shape index (κ1) is 11.6. The highest BCUT2D eigenvalue weighted by Gasteiger charge is 2.26. The van der Waals surface area contributed by atoms with E-state index >= 15 is 0 Å². The molecule has 0 aromatic carbocycles. The van der Waals surface area contributed by atoms with Crippen molar-refractivity contribution in [3.05, 3.63) is 0 Å². The molecule has 0 radical (unpaired) electrons. The van der Waals surface area contributed by atoms with Gasteiger partial charge in [0, 0.05) is 32.4 Å². The topological polar surface area (TPSA) is 57.6 Å². The van der Waals surface area contributed by atoms with Gasteiger partial charge >= 0.3 is 5.97 Å². The lowest BCUT2D eigenvalue weighted by Crippen LogP contribution is -2.28. The number of hydrogen-bond donors (Lipinski definition) is 1. The molecule has 1 unspecified atom stereocenters. The summed E-state index contributed by atoms with van der Waals surface area (Å²) in [6.45, 7) is 1.23. The van der Waals surface area contributed by atoms with Gasteiger partial charge in [0.15, 0.2) is 0 Å². The summed E-state index contributed by atoms with van der Waals surface area (Å²) in [5, 5.41) is 8.61. The van der Waals surface area contributed by atoms with Gasteiger partial charge in [0.2, 0.25) is 5.91 Å². The second kappa shape index (κ2) is 5.40. The average Bonchev–Trinajstić information content (AvgIpc) is 2.61. The van der Waals surface area contributed by atoms with Gasteiger partial charge in [0.05, 0.1) is 0 Å². The molecule has 0 aromatic heterocycles. The summed E-state index contributed by atoms with van der Waals surface area (Å²) in [6, 6.07) is 0. The summed E-state index contributed by atoms with van der Waals surface area (Å²) >= 11 is 0. The van der Waals surface area contributed by atoms with Crippen LogP contribution >= 0.6 is 0 Å². The van der Waals surface area contributed by atoms with E-state index in [1.165, 1.54) is 0 Å². The predicted octanol–water partition coefficient (Wildman–Crippen LogP) is 0.723. The van der Waals surface area contributed by atoms with Crippen molar-refractivity contribution in [1.29, 1.82) is 0 Å². The maximum absolute atomic E-state index is 11.5. The molecule has 0 aromatic rings. The molecule has 1 aliphatic heterocycles.